The van der Waals surface area contributed by atoms with E-state index in [2.05, 4.69) is 34.9 Å². The first kappa shape index (κ1) is 14.6. The Bertz CT molecular complexity index is 1140. The van der Waals surface area contributed by atoms with Crippen molar-refractivity contribution in [2.24, 2.45) is 4.99 Å². The minimum Gasteiger partial charge on any atom is -0.291 e. The number of rotatable bonds is 1. The molecular formula is C18H16N4O2. The summed E-state index contributed by atoms with van der Waals surface area (Å²) in [6.07, 6.45) is 1.65. The van der Waals surface area contributed by atoms with E-state index in [0.29, 0.717) is 5.39 Å². The highest BCUT2D eigenvalue weighted by Gasteiger charge is 2.36. The third kappa shape index (κ3) is 1.96. The smallest absolute Gasteiger partial charge is 0.291 e. The molecular weight excluding hydrogens is 304 g/mol. The Kier molecular flexibility index (Phi) is 2.87. The molecule has 24 heavy (non-hydrogen) atoms. The maximum absolute atomic E-state index is 12.0. The van der Waals surface area contributed by atoms with E-state index in [1.165, 1.54) is 0 Å². The molecule has 0 atom stereocenters. The first-order valence-electron chi connectivity index (χ1n) is 7.70. The van der Waals surface area contributed by atoms with Crippen molar-refractivity contribution in [2.45, 2.75) is 26.2 Å². The summed E-state index contributed by atoms with van der Waals surface area (Å²) >= 11 is 0. The van der Waals surface area contributed by atoms with Gasteiger partial charge < -0.3 is 0 Å². The van der Waals surface area contributed by atoms with Gasteiger partial charge >= 0.3 is 5.69 Å². The van der Waals surface area contributed by atoms with Gasteiger partial charge in [0.05, 0.1) is 16.8 Å². The summed E-state index contributed by atoms with van der Waals surface area (Å²) < 4.78 is 0. The Labute approximate surface area is 137 Å². The Morgan fingerprint density at radius 3 is 2.67 bits per heavy atom. The fraction of sp³-hybridized carbons (Fsp3) is 0.222. The van der Waals surface area contributed by atoms with Crippen molar-refractivity contribution in [3.8, 4) is 0 Å². The van der Waals surface area contributed by atoms with Crippen LogP contribution in [0.1, 0.15) is 30.5 Å². The first-order chi connectivity index (χ1) is 11.4. The van der Waals surface area contributed by atoms with Crippen LogP contribution in [0.3, 0.4) is 0 Å². The van der Waals surface area contributed by atoms with Gasteiger partial charge in [-0.15, -0.1) is 0 Å². The van der Waals surface area contributed by atoms with Gasteiger partial charge in [-0.1, -0.05) is 32.0 Å². The number of para-hydroxylation sites is 1. The molecule has 6 nitrogen and oxygen atoms in total. The standard InChI is InChI=1S/C18H16N4O2/c1-9-5-4-6-12-13(9)20-14(18(12,2)3)10-7-11-15(19-8-10)21-17(24)22-16(11)23/h4-8H,1-3H3,(H2,19,21,22,23,24). The Morgan fingerprint density at radius 1 is 1.12 bits per heavy atom. The number of nitrogens with zero attached hydrogens (tertiary/aromatic N) is 2. The largest absolute Gasteiger partial charge is 0.327 e. The van der Waals surface area contributed by atoms with E-state index in [0.717, 1.165) is 28.1 Å². The summed E-state index contributed by atoms with van der Waals surface area (Å²) in [5.41, 5.74) is 3.88. The van der Waals surface area contributed by atoms with Crippen LogP contribution in [0.2, 0.25) is 0 Å². The SMILES string of the molecule is Cc1cccc2c1N=C(c1cnc3[nH]c(=O)[nH]c(=O)c3c1)C2(C)C. The lowest BCUT2D eigenvalue weighted by Crippen LogP contribution is -2.27. The summed E-state index contributed by atoms with van der Waals surface area (Å²) in [5, 5.41) is 0.346. The maximum Gasteiger partial charge on any atom is 0.327 e. The molecule has 0 unspecified atom stereocenters. The van der Waals surface area contributed by atoms with Gasteiger partial charge in [0.25, 0.3) is 5.56 Å². The van der Waals surface area contributed by atoms with E-state index in [-0.39, 0.29) is 11.1 Å². The molecule has 6 heteroatoms. The van der Waals surface area contributed by atoms with Crippen LogP contribution in [0.15, 0.2) is 45.0 Å². The molecule has 4 rings (SSSR count). The van der Waals surface area contributed by atoms with Crippen LogP contribution in [0.25, 0.3) is 11.0 Å². The van der Waals surface area contributed by atoms with Gasteiger partial charge in [0, 0.05) is 17.2 Å². The number of aliphatic imine (C=N–C) groups is 1. The number of aromatic amines is 2. The molecule has 2 aromatic heterocycles. The zero-order chi connectivity index (χ0) is 17.1. The molecule has 0 radical (unpaired) electrons. The first-order valence-corrected chi connectivity index (χ1v) is 7.70. The monoisotopic (exact) mass is 320 g/mol. The second kappa shape index (κ2) is 4.74. The number of hydrogen-bond acceptors (Lipinski definition) is 4. The predicted octanol–water partition coefficient (Wildman–Crippen LogP) is 2.33. The lowest BCUT2D eigenvalue weighted by molar-refractivity contribution is 0.737. The number of benzene rings is 1. The van der Waals surface area contributed by atoms with Crippen molar-refractivity contribution < 1.29 is 0 Å². The van der Waals surface area contributed by atoms with Crippen LogP contribution < -0.4 is 11.2 Å². The topological polar surface area (TPSA) is 91.0 Å². The second-order valence-electron chi connectivity index (χ2n) is 6.58. The Balaban J connectivity index is 1.96. The number of fused-ring (bicyclic) bond motifs is 2. The molecule has 0 saturated carbocycles. The molecule has 0 spiro atoms. The number of nitrogens with one attached hydrogen (secondary N) is 2. The third-order valence-corrected chi connectivity index (χ3v) is 4.59. The third-order valence-electron chi connectivity index (χ3n) is 4.59. The second-order valence-corrected chi connectivity index (χ2v) is 6.58. The van der Waals surface area contributed by atoms with Gasteiger partial charge in [0.2, 0.25) is 0 Å². The van der Waals surface area contributed by atoms with Crippen molar-refractivity contribution in [1.29, 1.82) is 0 Å². The van der Waals surface area contributed by atoms with E-state index in [1.807, 2.05) is 19.1 Å². The summed E-state index contributed by atoms with van der Waals surface area (Å²) in [4.78, 5) is 37.2. The number of H-pyrrole nitrogens is 2. The lowest BCUT2D eigenvalue weighted by atomic mass is 9.79. The van der Waals surface area contributed by atoms with Gasteiger partial charge in [0.15, 0.2) is 0 Å². The van der Waals surface area contributed by atoms with Crippen molar-refractivity contribution in [3.05, 3.63) is 68.0 Å². The van der Waals surface area contributed by atoms with Crippen molar-refractivity contribution in [1.82, 2.24) is 15.0 Å². The molecule has 0 amide bonds. The Morgan fingerprint density at radius 2 is 1.92 bits per heavy atom. The van der Waals surface area contributed by atoms with E-state index >= 15 is 0 Å². The van der Waals surface area contributed by atoms with E-state index in [1.54, 1.807) is 12.3 Å². The summed E-state index contributed by atoms with van der Waals surface area (Å²) in [6.45, 7) is 6.26. The molecule has 120 valence electrons. The number of aryl methyl sites for hydroxylation is 1. The van der Waals surface area contributed by atoms with Crippen LogP contribution in [0.4, 0.5) is 5.69 Å². The normalized spacial score (nSPS) is 15.4. The van der Waals surface area contributed by atoms with Gasteiger partial charge in [0.1, 0.15) is 5.65 Å². The Hall–Kier alpha value is -3.02. The highest BCUT2D eigenvalue weighted by Crippen LogP contribution is 2.43. The summed E-state index contributed by atoms with van der Waals surface area (Å²) in [5.74, 6) is 0. The quantitative estimate of drug-likeness (QED) is 0.721. The van der Waals surface area contributed by atoms with Crippen LogP contribution in [-0.2, 0) is 5.41 Å². The van der Waals surface area contributed by atoms with Crippen molar-refractivity contribution >= 4 is 22.4 Å². The van der Waals surface area contributed by atoms with Crippen molar-refractivity contribution in [2.75, 3.05) is 0 Å². The van der Waals surface area contributed by atoms with Crippen LogP contribution in [0, 0.1) is 6.92 Å². The summed E-state index contributed by atoms with van der Waals surface area (Å²) in [7, 11) is 0. The minimum absolute atomic E-state index is 0.276. The molecule has 0 fully saturated rings. The minimum atomic E-state index is -0.561. The van der Waals surface area contributed by atoms with Gasteiger partial charge in [-0.05, 0) is 24.1 Å². The van der Waals surface area contributed by atoms with Crippen molar-refractivity contribution in [3.63, 3.8) is 0 Å². The maximum atomic E-state index is 12.0. The molecule has 1 aliphatic heterocycles. The van der Waals surface area contributed by atoms with Crippen LogP contribution in [-0.4, -0.2) is 20.7 Å². The number of aromatic nitrogens is 3. The van der Waals surface area contributed by atoms with E-state index in [4.69, 9.17) is 4.99 Å². The summed E-state index contributed by atoms with van der Waals surface area (Å²) in [6, 6.07) is 7.88. The molecule has 3 heterocycles. The average molecular weight is 320 g/mol. The lowest BCUT2D eigenvalue weighted by Gasteiger charge is -2.22. The van der Waals surface area contributed by atoms with E-state index < -0.39 is 11.2 Å². The molecule has 1 aliphatic rings. The molecule has 0 aliphatic carbocycles. The van der Waals surface area contributed by atoms with Gasteiger partial charge in [-0.2, -0.15) is 0 Å². The number of pyridine rings is 1. The molecule has 1 aromatic carbocycles. The fourth-order valence-electron chi connectivity index (χ4n) is 3.29. The van der Waals surface area contributed by atoms with Gasteiger partial charge in [-0.3, -0.25) is 19.8 Å². The number of hydrogen-bond donors (Lipinski definition) is 2. The zero-order valence-corrected chi connectivity index (χ0v) is 13.6. The fourth-order valence-corrected chi connectivity index (χ4v) is 3.29. The van der Waals surface area contributed by atoms with Crippen LogP contribution >= 0.6 is 0 Å². The van der Waals surface area contributed by atoms with E-state index in [9.17, 15) is 9.59 Å². The zero-order valence-electron chi connectivity index (χ0n) is 13.6. The molecule has 0 saturated heterocycles. The highest BCUT2D eigenvalue weighted by atomic mass is 16.2. The average Bonchev–Trinajstić information content (AvgIpc) is 2.80. The molecule has 0 bridgehead atoms. The molecule has 2 N–H and O–H groups in total. The highest BCUT2D eigenvalue weighted by molar-refractivity contribution is 6.13. The molecule has 3 aromatic rings. The predicted molar refractivity (Wildman–Crippen MR) is 93.4 cm³/mol. The van der Waals surface area contributed by atoms with Crippen LogP contribution in [0.5, 0.6) is 0 Å². The van der Waals surface area contributed by atoms with Gasteiger partial charge in [-0.25, -0.2) is 9.78 Å².